The Morgan fingerprint density at radius 3 is 2.75 bits per heavy atom. The van der Waals surface area contributed by atoms with Crippen molar-refractivity contribution in [1.29, 1.82) is 0 Å². The molecule has 1 aromatic rings. The minimum Gasteiger partial charge on any atom is -0.314 e. The molecule has 1 unspecified atom stereocenters. The van der Waals surface area contributed by atoms with Gasteiger partial charge in [0.2, 0.25) is 0 Å². The van der Waals surface area contributed by atoms with Gasteiger partial charge in [0.15, 0.2) is 0 Å². The van der Waals surface area contributed by atoms with E-state index in [2.05, 4.69) is 43.0 Å². The molecule has 1 aromatic heterocycles. The number of nitrogens with zero attached hydrogens (tertiary/aromatic N) is 2. The zero-order chi connectivity index (χ0) is 14.4. The van der Waals surface area contributed by atoms with Crippen LogP contribution < -0.4 is 5.32 Å². The van der Waals surface area contributed by atoms with E-state index in [1.54, 1.807) is 0 Å². The van der Waals surface area contributed by atoms with Crippen LogP contribution >= 0.6 is 0 Å². The summed E-state index contributed by atoms with van der Waals surface area (Å²) >= 11 is 0. The van der Waals surface area contributed by atoms with Crippen molar-refractivity contribution in [3.05, 3.63) is 18.0 Å². The van der Waals surface area contributed by atoms with Crippen LogP contribution in [0.4, 0.5) is 0 Å². The summed E-state index contributed by atoms with van der Waals surface area (Å²) in [7, 11) is 0. The van der Waals surface area contributed by atoms with E-state index < -0.39 is 0 Å². The Balaban J connectivity index is 1.82. The Morgan fingerprint density at radius 1 is 1.35 bits per heavy atom. The SMILES string of the molecule is CCNC(CCc1ccn(C2CCCC2)n1)CC(C)C. The molecule has 1 atom stereocenters. The van der Waals surface area contributed by atoms with Crippen molar-refractivity contribution >= 4 is 0 Å². The molecule has 0 radical (unpaired) electrons. The molecule has 3 heteroatoms. The lowest BCUT2D eigenvalue weighted by molar-refractivity contribution is 0.402. The highest BCUT2D eigenvalue weighted by molar-refractivity contribution is 5.01. The molecule has 0 bridgehead atoms. The Hall–Kier alpha value is -0.830. The topological polar surface area (TPSA) is 29.9 Å². The fraction of sp³-hybridized carbons (Fsp3) is 0.824. The molecule has 0 spiro atoms. The van der Waals surface area contributed by atoms with Gasteiger partial charge in [-0.05, 0) is 50.6 Å². The first kappa shape index (κ1) is 15.6. The highest BCUT2D eigenvalue weighted by Crippen LogP contribution is 2.28. The molecule has 1 aliphatic rings. The third kappa shape index (κ3) is 4.62. The van der Waals surface area contributed by atoms with Gasteiger partial charge >= 0.3 is 0 Å². The van der Waals surface area contributed by atoms with Crippen molar-refractivity contribution in [2.24, 2.45) is 5.92 Å². The van der Waals surface area contributed by atoms with Gasteiger partial charge in [-0.1, -0.05) is 33.6 Å². The van der Waals surface area contributed by atoms with Crippen LogP contribution in [0.25, 0.3) is 0 Å². The van der Waals surface area contributed by atoms with E-state index in [4.69, 9.17) is 5.10 Å². The fourth-order valence-electron chi connectivity index (χ4n) is 3.37. The molecule has 1 fully saturated rings. The van der Waals surface area contributed by atoms with Gasteiger partial charge in [0.05, 0.1) is 11.7 Å². The van der Waals surface area contributed by atoms with Crippen LogP contribution in [-0.2, 0) is 6.42 Å². The van der Waals surface area contributed by atoms with Crippen molar-refractivity contribution in [2.45, 2.75) is 77.8 Å². The zero-order valence-corrected chi connectivity index (χ0v) is 13.4. The summed E-state index contributed by atoms with van der Waals surface area (Å²) in [6.07, 6.45) is 11.1. The third-order valence-corrected chi connectivity index (χ3v) is 4.36. The second-order valence-electron chi connectivity index (χ2n) is 6.65. The molecule has 1 saturated carbocycles. The molecule has 0 aromatic carbocycles. The average Bonchev–Trinajstić information content (AvgIpc) is 3.06. The summed E-state index contributed by atoms with van der Waals surface area (Å²) in [4.78, 5) is 0. The molecule has 0 amide bonds. The van der Waals surface area contributed by atoms with Gasteiger partial charge in [-0.3, -0.25) is 4.68 Å². The van der Waals surface area contributed by atoms with Crippen LogP contribution in [0.5, 0.6) is 0 Å². The minimum absolute atomic E-state index is 0.636. The molecule has 1 aliphatic carbocycles. The fourth-order valence-corrected chi connectivity index (χ4v) is 3.37. The molecule has 0 saturated heterocycles. The van der Waals surface area contributed by atoms with Crippen LogP contribution in [0.2, 0.25) is 0 Å². The summed E-state index contributed by atoms with van der Waals surface area (Å²) in [6, 6.07) is 3.53. The first-order chi connectivity index (χ1) is 9.69. The largest absolute Gasteiger partial charge is 0.314 e. The van der Waals surface area contributed by atoms with Gasteiger partial charge in [0.1, 0.15) is 0 Å². The Morgan fingerprint density at radius 2 is 2.10 bits per heavy atom. The van der Waals surface area contributed by atoms with Crippen LogP contribution in [0.1, 0.15) is 71.0 Å². The van der Waals surface area contributed by atoms with Crippen LogP contribution in [0, 0.1) is 5.92 Å². The third-order valence-electron chi connectivity index (χ3n) is 4.36. The van der Waals surface area contributed by atoms with Gasteiger partial charge in [-0.2, -0.15) is 5.10 Å². The predicted octanol–water partition coefficient (Wildman–Crippen LogP) is 3.96. The smallest absolute Gasteiger partial charge is 0.0625 e. The molecule has 1 N–H and O–H groups in total. The summed E-state index contributed by atoms with van der Waals surface area (Å²) < 4.78 is 2.22. The van der Waals surface area contributed by atoms with Crippen molar-refractivity contribution in [3.8, 4) is 0 Å². The highest BCUT2D eigenvalue weighted by atomic mass is 15.3. The molecule has 3 nitrogen and oxygen atoms in total. The summed E-state index contributed by atoms with van der Waals surface area (Å²) in [5, 5.41) is 8.40. The number of hydrogen-bond acceptors (Lipinski definition) is 2. The average molecular weight is 277 g/mol. The number of nitrogens with one attached hydrogen (secondary N) is 1. The predicted molar refractivity (Wildman–Crippen MR) is 85.0 cm³/mol. The van der Waals surface area contributed by atoms with Gasteiger partial charge in [-0.15, -0.1) is 0 Å². The number of aryl methyl sites for hydroxylation is 1. The Labute approximate surface area is 124 Å². The lowest BCUT2D eigenvalue weighted by atomic mass is 9.99. The molecule has 20 heavy (non-hydrogen) atoms. The lowest BCUT2D eigenvalue weighted by Gasteiger charge is -2.19. The highest BCUT2D eigenvalue weighted by Gasteiger charge is 2.18. The van der Waals surface area contributed by atoms with Crippen molar-refractivity contribution in [3.63, 3.8) is 0 Å². The number of hydrogen-bond donors (Lipinski definition) is 1. The second kappa shape index (κ2) is 7.82. The van der Waals surface area contributed by atoms with Crippen LogP contribution in [0.3, 0.4) is 0 Å². The van der Waals surface area contributed by atoms with E-state index in [0.29, 0.717) is 12.1 Å². The van der Waals surface area contributed by atoms with E-state index in [0.717, 1.165) is 18.9 Å². The van der Waals surface area contributed by atoms with Gasteiger partial charge in [0.25, 0.3) is 0 Å². The summed E-state index contributed by atoms with van der Waals surface area (Å²) in [6.45, 7) is 7.87. The van der Waals surface area contributed by atoms with Crippen LogP contribution in [-0.4, -0.2) is 22.4 Å². The first-order valence-electron chi connectivity index (χ1n) is 8.46. The standard InChI is InChI=1S/C17H31N3/c1-4-18-16(13-14(2)3)10-9-15-11-12-20(19-15)17-7-5-6-8-17/h11-12,14,16-18H,4-10,13H2,1-3H3. The Bertz CT molecular complexity index is 377. The summed E-state index contributed by atoms with van der Waals surface area (Å²) in [5.41, 5.74) is 1.27. The molecule has 2 rings (SSSR count). The number of rotatable bonds is 8. The van der Waals surface area contributed by atoms with E-state index in [9.17, 15) is 0 Å². The zero-order valence-electron chi connectivity index (χ0n) is 13.4. The first-order valence-corrected chi connectivity index (χ1v) is 8.46. The molecule has 1 heterocycles. The number of aromatic nitrogens is 2. The van der Waals surface area contributed by atoms with Gasteiger partial charge in [-0.25, -0.2) is 0 Å². The van der Waals surface area contributed by atoms with Crippen molar-refractivity contribution in [1.82, 2.24) is 15.1 Å². The van der Waals surface area contributed by atoms with E-state index >= 15 is 0 Å². The van der Waals surface area contributed by atoms with E-state index in [-0.39, 0.29) is 0 Å². The van der Waals surface area contributed by atoms with Crippen molar-refractivity contribution in [2.75, 3.05) is 6.54 Å². The lowest BCUT2D eigenvalue weighted by Crippen LogP contribution is -2.30. The molecule has 0 aliphatic heterocycles. The van der Waals surface area contributed by atoms with Gasteiger partial charge in [0, 0.05) is 12.2 Å². The molecular formula is C17H31N3. The van der Waals surface area contributed by atoms with Crippen molar-refractivity contribution < 1.29 is 0 Å². The maximum absolute atomic E-state index is 4.79. The minimum atomic E-state index is 0.636. The monoisotopic (exact) mass is 277 g/mol. The maximum Gasteiger partial charge on any atom is 0.0625 e. The van der Waals surface area contributed by atoms with E-state index in [1.165, 1.54) is 44.2 Å². The maximum atomic E-state index is 4.79. The summed E-state index contributed by atoms with van der Waals surface area (Å²) in [5.74, 6) is 0.759. The van der Waals surface area contributed by atoms with Crippen LogP contribution in [0.15, 0.2) is 12.3 Å². The second-order valence-corrected chi connectivity index (χ2v) is 6.65. The quantitative estimate of drug-likeness (QED) is 0.779. The normalized spacial score (nSPS) is 18.0. The van der Waals surface area contributed by atoms with E-state index in [1.807, 2.05) is 0 Å². The molecule has 114 valence electrons. The van der Waals surface area contributed by atoms with Gasteiger partial charge < -0.3 is 5.32 Å². The molecular weight excluding hydrogens is 246 g/mol. The Kier molecular flexibility index (Phi) is 6.08.